The minimum atomic E-state index is 0.553. The molecule has 0 amide bonds. The molecular formula is C14H29N3. The van der Waals surface area contributed by atoms with Gasteiger partial charge in [0.25, 0.3) is 0 Å². The zero-order chi connectivity index (χ0) is 12.3. The van der Waals surface area contributed by atoms with E-state index in [-0.39, 0.29) is 0 Å². The fraction of sp³-hybridized carbons (Fsp3) is 1.00. The van der Waals surface area contributed by atoms with Crippen LogP contribution in [-0.4, -0.2) is 62.2 Å². The van der Waals surface area contributed by atoms with Crippen LogP contribution in [0.3, 0.4) is 0 Å². The molecule has 2 saturated heterocycles. The minimum absolute atomic E-state index is 0.553. The SMILES string of the molecule is CCC1CNCCN1CC1(C)CCN(C)CC1. The molecule has 0 aliphatic carbocycles. The average molecular weight is 239 g/mol. The molecule has 2 heterocycles. The van der Waals surface area contributed by atoms with Crippen LogP contribution in [0.4, 0.5) is 0 Å². The molecular weight excluding hydrogens is 210 g/mol. The number of piperidine rings is 1. The van der Waals surface area contributed by atoms with E-state index in [0.717, 1.165) is 6.04 Å². The Balaban J connectivity index is 1.89. The first kappa shape index (κ1) is 13.3. The minimum Gasteiger partial charge on any atom is -0.314 e. The molecule has 100 valence electrons. The second-order valence-electron chi connectivity index (χ2n) is 6.35. The number of hydrogen-bond acceptors (Lipinski definition) is 3. The molecule has 0 spiro atoms. The first-order chi connectivity index (χ1) is 8.13. The van der Waals surface area contributed by atoms with E-state index in [2.05, 4.69) is 36.0 Å². The third-order valence-electron chi connectivity index (χ3n) is 4.72. The Morgan fingerprint density at radius 2 is 1.94 bits per heavy atom. The van der Waals surface area contributed by atoms with Crippen molar-refractivity contribution in [2.45, 2.75) is 39.2 Å². The van der Waals surface area contributed by atoms with Crippen molar-refractivity contribution < 1.29 is 0 Å². The Labute approximate surface area is 107 Å². The molecule has 0 aromatic carbocycles. The van der Waals surface area contributed by atoms with E-state index < -0.39 is 0 Å². The highest BCUT2D eigenvalue weighted by Gasteiger charge is 2.33. The van der Waals surface area contributed by atoms with E-state index in [0.29, 0.717) is 5.41 Å². The van der Waals surface area contributed by atoms with Crippen molar-refractivity contribution in [2.24, 2.45) is 5.41 Å². The summed E-state index contributed by atoms with van der Waals surface area (Å²) in [5.74, 6) is 0. The lowest BCUT2D eigenvalue weighted by Crippen LogP contribution is -2.55. The monoisotopic (exact) mass is 239 g/mol. The van der Waals surface area contributed by atoms with Crippen LogP contribution in [0, 0.1) is 5.41 Å². The van der Waals surface area contributed by atoms with Crippen LogP contribution in [0.2, 0.25) is 0 Å². The molecule has 2 aliphatic heterocycles. The molecule has 0 aromatic heterocycles. The molecule has 2 fully saturated rings. The van der Waals surface area contributed by atoms with Gasteiger partial charge in [0.05, 0.1) is 0 Å². The predicted octanol–water partition coefficient (Wildman–Crippen LogP) is 1.40. The number of hydrogen-bond donors (Lipinski definition) is 1. The van der Waals surface area contributed by atoms with Gasteiger partial charge in [-0.15, -0.1) is 0 Å². The molecule has 0 bridgehead atoms. The maximum Gasteiger partial charge on any atom is 0.0218 e. The van der Waals surface area contributed by atoms with Gasteiger partial charge in [-0.1, -0.05) is 13.8 Å². The van der Waals surface area contributed by atoms with E-state index >= 15 is 0 Å². The smallest absolute Gasteiger partial charge is 0.0218 e. The van der Waals surface area contributed by atoms with E-state index in [1.807, 2.05) is 0 Å². The third kappa shape index (κ3) is 3.43. The summed E-state index contributed by atoms with van der Waals surface area (Å²) in [7, 11) is 2.25. The molecule has 3 heteroatoms. The van der Waals surface area contributed by atoms with Gasteiger partial charge in [0.2, 0.25) is 0 Å². The number of likely N-dealkylation sites (tertiary alicyclic amines) is 1. The van der Waals surface area contributed by atoms with Crippen molar-refractivity contribution in [3.63, 3.8) is 0 Å². The van der Waals surface area contributed by atoms with E-state index in [4.69, 9.17) is 0 Å². The number of rotatable bonds is 3. The molecule has 2 rings (SSSR count). The highest BCUT2D eigenvalue weighted by molar-refractivity contribution is 4.88. The van der Waals surface area contributed by atoms with Crippen LogP contribution in [0.15, 0.2) is 0 Å². The normalized spacial score (nSPS) is 31.6. The van der Waals surface area contributed by atoms with E-state index in [1.54, 1.807) is 0 Å². The molecule has 1 N–H and O–H groups in total. The maximum absolute atomic E-state index is 3.52. The van der Waals surface area contributed by atoms with Gasteiger partial charge in [0.1, 0.15) is 0 Å². The van der Waals surface area contributed by atoms with E-state index in [1.165, 1.54) is 58.5 Å². The zero-order valence-corrected chi connectivity index (χ0v) is 11.8. The molecule has 0 radical (unpaired) electrons. The van der Waals surface area contributed by atoms with Crippen molar-refractivity contribution in [1.82, 2.24) is 15.1 Å². The highest BCUT2D eigenvalue weighted by Crippen LogP contribution is 2.32. The molecule has 2 aliphatic rings. The van der Waals surface area contributed by atoms with Crippen LogP contribution >= 0.6 is 0 Å². The highest BCUT2D eigenvalue weighted by atomic mass is 15.2. The van der Waals surface area contributed by atoms with Crippen LogP contribution in [0.1, 0.15) is 33.1 Å². The summed E-state index contributed by atoms with van der Waals surface area (Å²) in [6.45, 7) is 12.3. The van der Waals surface area contributed by atoms with Crippen molar-refractivity contribution in [3.05, 3.63) is 0 Å². The average Bonchev–Trinajstić information content (AvgIpc) is 2.34. The van der Waals surface area contributed by atoms with Gasteiger partial charge in [0, 0.05) is 32.2 Å². The Morgan fingerprint density at radius 3 is 2.59 bits per heavy atom. The third-order valence-corrected chi connectivity index (χ3v) is 4.72. The van der Waals surface area contributed by atoms with Crippen LogP contribution in [0.5, 0.6) is 0 Å². The van der Waals surface area contributed by atoms with Crippen molar-refractivity contribution in [1.29, 1.82) is 0 Å². The first-order valence-corrected chi connectivity index (χ1v) is 7.26. The molecule has 3 nitrogen and oxygen atoms in total. The van der Waals surface area contributed by atoms with Crippen molar-refractivity contribution in [3.8, 4) is 0 Å². The van der Waals surface area contributed by atoms with Crippen LogP contribution in [-0.2, 0) is 0 Å². The maximum atomic E-state index is 3.52. The Bertz CT molecular complexity index is 234. The summed E-state index contributed by atoms with van der Waals surface area (Å²) < 4.78 is 0. The summed E-state index contributed by atoms with van der Waals surface area (Å²) in [6, 6.07) is 0.764. The van der Waals surface area contributed by atoms with Crippen molar-refractivity contribution >= 4 is 0 Å². The van der Waals surface area contributed by atoms with Gasteiger partial charge in [-0.05, 0) is 44.8 Å². The van der Waals surface area contributed by atoms with Gasteiger partial charge in [0.15, 0.2) is 0 Å². The second-order valence-corrected chi connectivity index (χ2v) is 6.35. The molecule has 1 atom stereocenters. The summed E-state index contributed by atoms with van der Waals surface area (Å²) in [5, 5.41) is 3.52. The first-order valence-electron chi connectivity index (χ1n) is 7.26. The molecule has 17 heavy (non-hydrogen) atoms. The Hall–Kier alpha value is -0.120. The summed E-state index contributed by atoms with van der Waals surface area (Å²) >= 11 is 0. The van der Waals surface area contributed by atoms with Crippen molar-refractivity contribution in [2.75, 3.05) is 46.3 Å². The van der Waals surface area contributed by atoms with Gasteiger partial charge < -0.3 is 10.2 Å². The lowest BCUT2D eigenvalue weighted by molar-refractivity contribution is 0.0529. The topological polar surface area (TPSA) is 18.5 Å². The second kappa shape index (κ2) is 5.68. The molecule has 0 aromatic rings. The lowest BCUT2D eigenvalue weighted by atomic mass is 9.79. The fourth-order valence-corrected chi connectivity index (χ4v) is 3.22. The van der Waals surface area contributed by atoms with Crippen LogP contribution in [0.25, 0.3) is 0 Å². The summed E-state index contributed by atoms with van der Waals surface area (Å²) in [4.78, 5) is 5.21. The summed E-state index contributed by atoms with van der Waals surface area (Å²) in [5.41, 5.74) is 0.553. The Morgan fingerprint density at radius 1 is 1.24 bits per heavy atom. The standard InChI is InChI=1S/C14H29N3/c1-4-13-11-15-7-10-17(13)12-14(2)5-8-16(3)9-6-14/h13,15H,4-12H2,1-3H3. The van der Waals surface area contributed by atoms with Crippen LogP contribution < -0.4 is 5.32 Å². The quantitative estimate of drug-likeness (QED) is 0.803. The number of nitrogens with one attached hydrogen (secondary N) is 1. The number of piperazine rings is 1. The summed E-state index contributed by atoms with van der Waals surface area (Å²) in [6.07, 6.45) is 4.01. The van der Waals surface area contributed by atoms with Gasteiger partial charge in [-0.25, -0.2) is 0 Å². The van der Waals surface area contributed by atoms with Gasteiger partial charge in [-0.2, -0.15) is 0 Å². The fourth-order valence-electron chi connectivity index (χ4n) is 3.22. The lowest BCUT2D eigenvalue weighted by Gasteiger charge is -2.45. The zero-order valence-electron chi connectivity index (χ0n) is 11.8. The number of nitrogens with zero attached hydrogens (tertiary/aromatic N) is 2. The molecule has 0 saturated carbocycles. The van der Waals surface area contributed by atoms with Gasteiger partial charge in [-0.3, -0.25) is 4.90 Å². The largest absolute Gasteiger partial charge is 0.314 e. The Kier molecular flexibility index (Phi) is 4.45. The van der Waals surface area contributed by atoms with E-state index in [9.17, 15) is 0 Å². The predicted molar refractivity (Wildman–Crippen MR) is 73.4 cm³/mol. The van der Waals surface area contributed by atoms with Gasteiger partial charge >= 0.3 is 0 Å². The molecule has 1 unspecified atom stereocenters.